The number of carbonyl (C=O) groups excluding carboxylic acids is 1. The van der Waals surface area contributed by atoms with Gasteiger partial charge in [0.15, 0.2) is 0 Å². The van der Waals surface area contributed by atoms with Crippen LogP contribution < -0.4 is 5.43 Å². The molecule has 0 aromatic heterocycles. The highest BCUT2D eigenvalue weighted by atomic mass is 79.9. The van der Waals surface area contributed by atoms with Crippen molar-refractivity contribution in [2.24, 2.45) is 5.10 Å². The van der Waals surface area contributed by atoms with Crippen LogP contribution in [0, 0.1) is 6.92 Å². The maximum absolute atomic E-state index is 11.9. The number of hydrazone groups is 1. The zero-order valence-corrected chi connectivity index (χ0v) is 17.6. The largest absolute Gasteiger partial charge is 0.272 e. The highest BCUT2D eigenvalue weighted by Gasteiger charge is 2.04. The summed E-state index contributed by atoms with van der Waals surface area (Å²) in [5.41, 5.74) is 6.81. The standard InChI is InChI=1S/C18H19BrN2OS.C2H6/c1-13-7-9-15(10-8-13)14(2)20-21-18(22)12-23-11-16-5-3-4-6-17(16)19;1-2/h3-10H,11-12H2,1-2H3,(H,21,22);1-2H3/b20-14+;. The molecule has 0 bridgehead atoms. The molecular weight excluding hydrogens is 396 g/mol. The van der Waals surface area contributed by atoms with Crippen molar-refractivity contribution in [3.63, 3.8) is 0 Å². The third-order valence-corrected chi connectivity index (χ3v) is 5.02. The van der Waals surface area contributed by atoms with E-state index in [9.17, 15) is 4.79 Å². The topological polar surface area (TPSA) is 41.5 Å². The van der Waals surface area contributed by atoms with Crippen LogP contribution in [0.5, 0.6) is 0 Å². The van der Waals surface area contributed by atoms with E-state index in [1.54, 1.807) is 11.8 Å². The molecule has 0 unspecified atom stereocenters. The Bertz CT molecular complexity index is 699. The van der Waals surface area contributed by atoms with E-state index in [1.165, 1.54) is 11.1 Å². The van der Waals surface area contributed by atoms with Gasteiger partial charge in [-0.1, -0.05) is 77.8 Å². The Labute approximate surface area is 163 Å². The molecule has 0 atom stereocenters. The van der Waals surface area contributed by atoms with E-state index in [-0.39, 0.29) is 5.91 Å². The fourth-order valence-corrected chi connectivity index (χ4v) is 3.34. The third kappa shape index (κ3) is 7.88. The van der Waals surface area contributed by atoms with E-state index in [2.05, 4.69) is 32.5 Å². The lowest BCUT2D eigenvalue weighted by molar-refractivity contribution is -0.118. The number of carbonyl (C=O) groups is 1. The van der Waals surface area contributed by atoms with Crippen LogP contribution >= 0.6 is 27.7 Å². The summed E-state index contributed by atoms with van der Waals surface area (Å²) in [7, 11) is 0. The number of hydrogen-bond acceptors (Lipinski definition) is 3. The average Bonchev–Trinajstić information content (AvgIpc) is 2.63. The first-order chi connectivity index (χ1) is 12.1. The lowest BCUT2D eigenvalue weighted by Gasteiger charge is -2.05. The average molecular weight is 421 g/mol. The molecule has 0 aliphatic carbocycles. The SMILES string of the molecule is C/C(=N\NC(=O)CSCc1ccccc1Br)c1ccc(C)cc1.CC. The van der Waals surface area contributed by atoms with E-state index in [0.29, 0.717) is 5.75 Å². The number of rotatable bonds is 6. The van der Waals surface area contributed by atoms with Crippen molar-refractivity contribution in [1.82, 2.24) is 5.43 Å². The molecule has 0 saturated carbocycles. The summed E-state index contributed by atoms with van der Waals surface area (Å²) in [5, 5.41) is 4.16. The summed E-state index contributed by atoms with van der Waals surface area (Å²) in [6.45, 7) is 7.93. The molecule has 0 aliphatic heterocycles. The van der Waals surface area contributed by atoms with E-state index in [1.807, 2.05) is 70.2 Å². The first-order valence-corrected chi connectivity index (χ1v) is 10.2. The second kappa shape index (κ2) is 11.9. The molecule has 5 heteroatoms. The van der Waals surface area contributed by atoms with Gasteiger partial charge in [0.05, 0.1) is 11.5 Å². The predicted molar refractivity (Wildman–Crippen MR) is 113 cm³/mol. The highest BCUT2D eigenvalue weighted by molar-refractivity contribution is 9.10. The monoisotopic (exact) mass is 420 g/mol. The fraction of sp³-hybridized carbons (Fsp3) is 0.300. The van der Waals surface area contributed by atoms with Crippen LogP contribution in [-0.4, -0.2) is 17.4 Å². The lowest BCUT2D eigenvalue weighted by atomic mass is 10.1. The van der Waals surface area contributed by atoms with Crippen LogP contribution in [0.15, 0.2) is 58.1 Å². The van der Waals surface area contributed by atoms with Crippen LogP contribution in [-0.2, 0) is 10.5 Å². The van der Waals surface area contributed by atoms with E-state index < -0.39 is 0 Å². The molecule has 25 heavy (non-hydrogen) atoms. The number of thioether (sulfide) groups is 1. The Morgan fingerprint density at radius 3 is 2.40 bits per heavy atom. The molecule has 134 valence electrons. The van der Waals surface area contributed by atoms with Crippen LogP contribution in [0.25, 0.3) is 0 Å². The zero-order chi connectivity index (χ0) is 18.7. The molecule has 1 amide bonds. The quantitative estimate of drug-likeness (QED) is 0.490. The van der Waals surface area contributed by atoms with Gasteiger partial charge in [-0.2, -0.15) is 5.10 Å². The van der Waals surface area contributed by atoms with Gasteiger partial charge in [0, 0.05) is 10.2 Å². The van der Waals surface area contributed by atoms with Crippen molar-refractivity contribution in [2.75, 3.05) is 5.75 Å². The van der Waals surface area contributed by atoms with Gasteiger partial charge in [0.1, 0.15) is 0 Å². The van der Waals surface area contributed by atoms with Gasteiger partial charge in [0.25, 0.3) is 0 Å². The maximum atomic E-state index is 11.9. The normalized spacial score (nSPS) is 10.7. The molecule has 2 aromatic carbocycles. The summed E-state index contributed by atoms with van der Waals surface area (Å²) in [5.74, 6) is 1.08. The molecule has 0 fully saturated rings. The minimum atomic E-state index is -0.0893. The van der Waals surface area contributed by atoms with Gasteiger partial charge in [-0.25, -0.2) is 5.43 Å². The van der Waals surface area contributed by atoms with Crippen molar-refractivity contribution in [1.29, 1.82) is 0 Å². The van der Waals surface area contributed by atoms with Crippen LogP contribution in [0.4, 0.5) is 0 Å². The van der Waals surface area contributed by atoms with Crippen molar-refractivity contribution in [2.45, 2.75) is 33.4 Å². The Kier molecular flexibility index (Phi) is 10.2. The van der Waals surface area contributed by atoms with Gasteiger partial charge < -0.3 is 0 Å². The summed E-state index contributed by atoms with van der Waals surface area (Å²) >= 11 is 5.08. The molecule has 2 rings (SSSR count). The van der Waals surface area contributed by atoms with E-state index in [0.717, 1.165) is 21.5 Å². The summed E-state index contributed by atoms with van der Waals surface area (Å²) in [6, 6.07) is 16.1. The van der Waals surface area contributed by atoms with Crippen molar-refractivity contribution >= 4 is 39.3 Å². The molecule has 0 aliphatic rings. The third-order valence-electron chi connectivity index (χ3n) is 3.27. The van der Waals surface area contributed by atoms with E-state index >= 15 is 0 Å². The summed E-state index contributed by atoms with van der Waals surface area (Å²) in [6.07, 6.45) is 0. The number of amides is 1. The first kappa shape index (κ1) is 21.5. The molecule has 3 nitrogen and oxygen atoms in total. The van der Waals surface area contributed by atoms with Gasteiger partial charge >= 0.3 is 0 Å². The number of aryl methyl sites for hydroxylation is 1. The van der Waals surface area contributed by atoms with Gasteiger partial charge in [0.2, 0.25) is 5.91 Å². The van der Waals surface area contributed by atoms with Crippen LogP contribution in [0.1, 0.15) is 37.5 Å². The molecule has 0 heterocycles. The molecular formula is C20H25BrN2OS. The number of halogens is 1. The maximum Gasteiger partial charge on any atom is 0.250 e. The van der Waals surface area contributed by atoms with Crippen molar-refractivity contribution < 1.29 is 4.79 Å². The van der Waals surface area contributed by atoms with Gasteiger partial charge in [-0.15, -0.1) is 11.8 Å². The second-order valence-corrected chi connectivity index (χ2v) is 7.02. The molecule has 1 N–H and O–H groups in total. The molecule has 0 spiro atoms. The van der Waals surface area contributed by atoms with Crippen LogP contribution in [0.2, 0.25) is 0 Å². The number of benzene rings is 2. The second-order valence-electron chi connectivity index (χ2n) is 5.18. The zero-order valence-electron chi connectivity index (χ0n) is 15.2. The number of nitrogens with one attached hydrogen (secondary N) is 1. The smallest absolute Gasteiger partial charge is 0.250 e. The minimum Gasteiger partial charge on any atom is -0.272 e. The fourth-order valence-electron chi connectivity index (χ4n) is 1.91. The van der Waals surface area contributed by atoms with Crippen molar-refractivity contribution in [3.8, 4) is 0 Å². The van der Waals surface area contributed by atoms with Crippen molar-refractivity contribution in [3.05, 3.63) is 69.7 Å². The highest BCUT2D eigenvalue weighted by Crippen LogP contribution is 2.21. The Hall–Kier alpha value is -1.59. The number of nitrogens with zero attached hydrogens (tertiary/aromatic N) is 1. The molecule has 2 aromatic rings. The molecule has 0 radical (unpaired) electrons. The predicted octanol–water partition coefficient (Wildman–Crippen LogP) is 5.56. The van der Waals surface area contributed by atoms with Gasteiger partial charge in [-0.3, -0.25) is 4.79 Å². The Morgan fingerprint density at radius 1 is 1.12 bits per heavy atom. The van der Waals surface area contributed by atoms with Gasteiger partial charge in [-0.05, 0) is 31.0 Å². The van der Waals surface area contributed by atoms with E-state index in [4.69, 9.17) is 0 Å². The summed E-state index contributed by atoms with van der Waals surface area (Å²) < 4.78 is 1.07. The first-order valence-electron chi connectivity index (χ1n) is 8.27. The Morgan fingerprint density at radius 2 is 1.76 bits per heavy atom. The lowest BCUT2D eigenvalue weighted by Crippen LogP contribution is -2.21. The minimum absolute atomic E-state index is 0.0893. The number of hydrogen-bond donors (Lipinski definition) is 1. The molecule has 0 saturated heterocycles. The Balaban J connectivity index is 0.00000151. The summed E-state index contributed by atoms with van der Waals surface area (Å²) in [4.78, 5) is 11.9. The van der Waals surface area contributed by atoms with Crippen LogP contribution in [0.3, 0.4) is 0 Å².